The molecular weight excluding hydrogens is 534 g/mol. The highest BCUT2D eigenvalue weighted by molar-refractivity contribution is 6.01. The van der Waals surface area contributed by atoms with Crippen molar-refractivity contribution in [2.24, 2.45) is 5.92 Å². The third kappa shape index (κ3) is 8.31. The van der Waals surface area contributed by atoms with Crippen LogP contribution in [0.4, 0.5) is 0 Å². The van der Waals surface area contributed by atoms with E-state index >= 15 is 0 Å². The van der Waals surface area contributed by atoms with Crippen molar-refractivity contribution in [3.05, 3.63) is 65.7 Å². The molecule has 42 heavy (non-hydrogen) atoms. The van der Waals surface area contributed by atoms with Crippen molar-refractivity contribution in [2.45, 2.75) is 70.6 Å². The smallest absolute Gasteiger partial charge is 0.255 e. The van der Waals surface area contributed by atoms with Crippen molar-refractivity contribution in [1.82, 2.24) is 26.2 Å². The zero-order valence-electron chi connectivity index (χ0n) is 24.7. The summed E-state index contributed by atoms with van der Waals surface area (Å²) in [5.41, 5.74) is 1.25. The summed E-state index contributed by atoms with van der Waals surface area (Å²) in [5.74, 6) is -1.69. The summed E-state index contributed by atoms with van der Waals surface area (Å²) in [7, 11) is 0. The number of carbonyl (C=O) groups excluding carboxylic acids is 4. The third-order valence-corrected chi connectivity index (χ3v) is 7.94. The number of carbonyl (C=O) groups is 4. The number of hydrogen-bond donors (Lipinski definition) is 4. The highest BCUT2D eigenvalue weighted by Crippen LogP contribution is 2.20. The molecule has 226 valence electrons. The van der Waals surface area contributed by atoms with Crippen LogP contribution >= 0.6 is 0 Å². The van der Waals surface area contributed by atoms with Crippen LogP contribution < -0.4 is 26.0 Å². The van der Waals surface area contributed by atoms with Crippen molar-refractivity contribution in [3.8, 4) is 5.75 Å². The van der Waals surface area contributed by atoms with Gasteiger partial charge in [-0.25, -0.2) is 0 Å². The third-order valence-electron chi connectivity index (χ3n) is 7.94. The molecule has 2 aliphatic heterocycles. The van der Waals surface area contributed by atoms with E-state index in [4.69, 9.17) is 4.74 Å². The lowest BCUT2D eigenvalue weighted by atomic mass is 10.0. The van der Waals surface area contributed by atoms with E-state index in [-0.39, 0.29) is 36.5 Å². The van der Waals surface area contributed by atoms with Crippen LogP contribution in [0.25, 0.3) is 0 Å². The van der Waals surface area contributed by atoms with Crippen molar-refractivity contribution in [3.63, 3.8) is 0 Å². The summed E-state index contributed by atoms with van der Waals surface area (Å²) in [5, 5.41) is 11.6. The Labute approximate surface area is 247 Å². The van der Waals surface area contributed by atoms with Gasteiger partial charge < -0.3 is 26.0 Å². The van der Waals surface area contributed by atoms with Crippen LogP contribution in [0, 0.1) is 5.92 Å². The minimum absolute atomic E-state index is 0.100. The summed E-state index contributed by atoms with van der Waals surface area (Å²) in [6.45, 7) is 8.20. The van der Waals surface area contributed by atoms with E-state index in [1.807, 2.05) is 44.2 Å². The number of nitrogens with zero attached hydrogens (tertiary/aromatic N) is 1. The fraction of sp³-hybridized carbons (Fsp3) is 0.500. The number of likely N-dealkylation sites (tertiary alicyclic amines) is 1. The Morgan fingerprint density at radius 2 is 1.76 bits per heavy atom. The van der Waals surface area contributed by atoms with Crippen molar-refractivity contribution >= 4 is 23.6 Å². The second kappa shape index (κ2) is 14.8. The maximum atomic E-state index is 13.5. The molecule has 0 bridgehead atoms. The molecular formula is C32H43N5O5. The van der Waals surface area contributed by atoms with Crippen LogP contribution in [-0.2, 0) is 20.8 Å². The highest BCUT2D eigenvalue weighted by Gasteiger charge is 2.32. The van der Waals surface area contributed by atoms with E-state index in [9.17, 15) is 19.2 Å². The van der Waals surface area contributed by atoms with Gasteiger partial charge in [-0.1, -0.05) is 63.2 Å². The number of nitrogens with one attached hydrogen (secondary N) is 4. The first kappa shape index (κ1) is 31.0. The standard InChI is InChI=1S/C32H43N5O5/c1-4-37-16-10-13-24(37)19-33-31(40)26-18-28(38)36-29(21(2)3)32(41)34-23(17-22-11-6-5-7-12-22)20-42-27-15-9-8-14-25(27)30(39)35-26/h5-9,11-12,14-15,21,23-24,26,29H,4,10,13,16-20H2,1-3H3,(H,33,40)(H,34,41)(H,35,39)(H,36,38)/t23-,24+,26+,29+/m1/s1. The first-order valence-electron chi connectivity index (χ1n) is 14.9. The van der Waals surface area contributed by atoms with Gasteiger partial charge in [-0.05, 0) is 56.0 Å². The molecule has 1 saturated heterocycles. The molecule has 2 heterocycles. The van der Waals surface area contributed by atoms with Crippen molar-refractivity contribution in [2.75, 3.05) is 26.2 Å². The summed E-state index contributed by atoms with van der Waals surface area (Å²) in [4.78, 5) is 55.9. The van der Waals surface area contributed by atoms with Gasteiger partial charge in [0.05, 0.1) is 18.0 Å². The van der Waals surface area contributed by atoms with E-state index in [2.05, 4.69) is 33.1 Å². The van der Waals surface area contributed by atoms with Gasteiger partial charge in [0, 0.05) is 12.6 Å². The minimum Gasteiger partial charge on any atom is -0.491 e. The number of benzene rings is 2. The molecule has 0 aliphatic carbocycles. The summed E-state index contributed by atoms with van der Waals surface area (Å²) >= 11 is 0. The lowest BCUT2D eigenvalue weighted by molar-refractivity contribution is -0.132. The van der Waals surface area contributed by atoms with Gasteiger partial charge in [0.25, 0.3) is 5.91 Å². The normalized spacial score (nSPS) is 24.0. The average molecular weight is 578 g/mol. The van der Waals surface area contributed by atoms with Gasteiger partial charge in [0.15, 0.2) is 0 Å². The van der Waals surface area contributed by atoms with E-state index in [0.717, 1.165) is 31.5 Å². The van der Waals surface area contributed by atoms with Gasteiger partial charge in [-0.3, -0.25) is 24.1 Å². The second-order valence-electron chi connectivity index (χ2n) is 11.4. The number of fused-ring (bicyclic) bond motifs is 1. The molecule has 0 spiro atoms. The Kier molecular flexibility index (Phi) is 10.9. The highest BCUT2D eigenvalue weighted by atomic mass is 16.5. The van der Waals surface area contributed by atoms with E-state index in [1.165, 1.54) is 0 Å². The molecule has 0 radical (unpaired) electrons. The lowest BCUT2D eigenvalue weighted by Gasteiger charge is -2.28. The number of amides is 4. The number of ether oxygens (including phenoxy) is 1. The van der Waals surface area contributed by atoms with Crippen LogP contribution in [0.3, 0.4) is 0 Å². The Morgan fingerprint density at radius 3 is 2.50 bits per heavy atom. The fourth-order valence-electron chi connectivity index (χ4n) is 5.59. The average Bonchev–Trinajstić information content (AvgIpc) is 3.44. The zero-order chi connectivity index (χ0) is 30.1. The van der Waals surface area contributed by atoms with Gasteiger partial charge in [0.1, 0.15) is 24.4 Å². The molecule has 2 aromatic rings. The van der Waals surface area contributed by atoms with Crippen LogP contribution in [0.1, 0.15) is 56.0 Å². The zero-order valence-corrected chi connectivity index (χ0v) is 24.7. The summed E-state index contributed by atoms with van der Waals surface area (Å²) in [6.07, 6.45) is 2.23. The van der Waals surface area contributed by atoms with Gasteiger partial charge in [0.2, 0.25) is 17.7 Å². The minimum atomic E-state index is -1.13. The van der Waals surface area contributed by atoms with Crippen LogP contribution in [0.2, 0.25) is 0 Å². The van der Waals surface area contributed by atoms with E-state index < -0.39 is 35.8 Å². The first-order chi connectivity index (χ1) is 20.2. The van der Waals surface area contributed by atoms with Crippen molar-refractivity contribution in [1.29, 1.82) is 0 Å². The quantitative estimate of drug-likeness (QED) is 0.399. The molecule has 4 rings (SSSR count). The molecule has 10 nitrogen and oxygen atoms in total. The maximum absolute atomic E-state index is 13.5. The Hall–Kier alpha value is -3.92. The molecule has 4 atom stereocenters. The van der Waals surface area contributed by atoms with Gasteiger partial charge in [-0.2, -0.15) is 0 Å². The molecule has 2 aromatic carbocycles. The maximum Gasteiger partial charge on any atom is 0.255 e. The van der Waals surface area contributed by atoms with Gasteiger partial charge in [-0.15, -0.1) is 0 Å². The van der Waals surface area contributed by atoms with E-state index in [1.54, 1.807) is 24.3 Å². The van der Waals surface area contributed by atoms with Crippen LogP contribution in [0.15, 0.2) is 54.6 Å². The molecule has 4 amide bonds. The topological polar surface area (TPSA) is 129 Å². The second-order valence-corrected chi connectivity index (χ2v) is 11.4. The Bertz CT molecular complexity index is 1240. The Balaban J connectivity index is 1.58. The number of hydrogen-bond acceptors (Lipinski definition) is 6. The SMILES string of the molecule is CCN1CCC[C@H]1CNC(=O)[C@@H]1CC(=O)N[C@@H](C(C)C)C(=O)N[C@H](Cc2ccccc2)COc2ccccc2C(=O)N1. The molecule has 10 heteroatoms. The summed E-state index contributed by atoms with van der Waals surface area (Å²) < 4.78 is 6.12. The largest absolute Gasteiger partial charge is 0.491 e. The monoisotopic (exact) mass is 577 g/mol. The van der Waals surface area contributed by atoms with Crippen molar-refractivity contribution < 1.29 is 23.9 Å². The number of rotatable bonds is 7. The Morgan fingerprint density at radius 1 is 1.02 bits per heavy atom. The van der Waals surface area contributed by atoms with Crippen LogP contribution in [-0.4, -0.2) is 78.9 Å². The molecule has 1 fully saturated rings. The molecule has 0 unspecified atom stereocenters. The predicted octanol–water partition coefficient (Wildman–Crippen LogP) is 2.04. The van der Waals surface area contributed by atoms with E-state index in [0.29, 0.717) is 18.7 Å². The molecule has 2 aliphatic rings. The molecule has 0 aromatic heterocycles. The molecule has 4 N–H and O–H groups in total. The predicted molar refractivity (Wildman–Crippen MR) is 160 cm³/mol. The lowest BCUT2D eigenvalue weighted by Crippen LogP contribution is -2.56. The molecule has 0 saturated carbocycles. The van der Waals surface area contributed by atoms with Crippen LogP contribution in [0.5, 0.6) is 5.75 Å². The number of likely N-dealkylation sites (N-methyl/N-ethyl adjacent to an activating group) is 1. The number of para-hydroxylation sites is 1. The first-order valence-corrected chi connectivity index (χ1v) is 14.9. The fourth-order valence-corrected chi connectivity index (χ4v) is 5.59. The van der Waals surface area contributed by atoms with Gasteiger partial charge >= 0.3 is 0 Å². The summed E-state index contributed by atoms with van der Waals surface area (Å²) in [6, 6.07) is 14.3.